The van der Waals surface area contributed by atoms with Crippen molar-refractivity contribution in [2.24, 2.45) is 4.99 Å². The number of nitrogens with zero attached hydrogens (tertiary/aromatic N) is 5. The van der Waals surface area contributed by atoms with Gasteiger partial charge in [-0.3, -0.25) is 19.9 Å². The molecule has 0 atom stereocenters. The molecule has 0 aromatic carbocycles. The summed E-state index contributed by atoms with van der Waals surface area (Å²) in [4.78, 5) is 45.4. The van der Waals surface area contributed by atoms with Gasteiger partial charge in [0.15, 0.2) is 33.6 Å². The third-order valence-electron chi connectivity index (χ3n) is 4.91. The van der Waals surface area contributed by atoms with Crippen molar-refractivity contribution in [1.29, 1.82) is 0 Å². The number of aliphatic imine (C=N–C) groups is 1. The number of hydrogen-bond acceptors (Lipinski definition) is 8. The highest BCUT2D eigenvalue weighted by Gasteiger charge is 2.40. The summed E-state index contributed by atoms with van der Waals surface area (Å²) in [6.07, 6.45) is 4.52. The van der Waals surface area contributed by atoms with Gasteiger partial charge in [-0.25, -0.2) is 15.0 Å². The fourth-order valence-corrected chi connectivity index (χ4v) is 3.65. The Labute approximate surface area is 175 Å². The van der Waals surface area contributed by atoms with E-state index in [9.17, 15) is 9.59 Å². The Morgan fingerprint density at radius 2 is 1.97 bits per heavy atom. The van der Waals surface area contributed by atoms with Crippen molar-refractivity contribution >= 4 is 46.8 Å². The molecule has 5 N–H and O–H groups in total. The van der Waals surface area contributed by atoms with Gasteiger partial charge < -0.3 is 20.9 Å². The molecule has 152 valence electrons. The number of aromatic nitrogens is 4. The van der Waals surface area contributed by atoms with Crippen molar-refractivity contribution in [3.05, 3.63) is 34.2 Å². The maximum Gasteiger partial charge on any atom is 0.289 e. The van der Waals surface area contributed by atoms with Gasteiger partial charge in [0.2, 0.25) is 0 Å². The van der Waals surface area contributed by atoms with Crippen LogP contribution in [0.4, 0.5) is 5.82 Å². The highest BCUT2D eigenvalue weighted by molar-refractivity contribution is 6.35. The number of halogens is 2. The Bertz CT molecular complexity index is 985. The second kappa shape index (κ2) is 7.48. The molecule has 4 heterocycles. The number of nitrogens with two attached hydrogens (primary N) is 1. The Hall–Kier alpha value is -2.92. The third-order valence-corrected chi connectivity index (χ3v) is 5.46. The minimum Gasteiger partial charge on any atom is -0.381 e. The standard InChI is InChI=1S/C16H17Cl2N9O2/c17-9-8(23-10(18)11(19)24-9)13(28)25-15-22-7-16(26-15)1-5-27(6-2-16)14(29)12-20-3-4-21-12/h3-4H,1-2,5-7H2,(H2,19,24)(H,20,21)(H2,22,25,26,28). The molecule has 0 aliphatic carbocycles. The number of aromatic amines is 1. The minimum atomic E-state index is -0.599. The van der Waals surface area contributed by atoms with E-state index in [1.807, 2.05) is 0 Å². The fraction of sp³-hybridized carbons (Fsp3) is 0.375. The molecule has 13 heteroatoms. The molecule has 2 amide bonds. The van der Waals surface area contributed by atoms with Crippen molar-refractivity contribution in [2.75, 3.05) is 25.4 Å². The smallest absolute Gasteiger partial charge is 0.289 e. The lowest BCUT2D eigenvalue weighted by Gasteiger charge is -2.38. The summed E-state index contributed by atoms with van der Waals surface area (Å²) in [6, 6.07) is 0. The first-order valence-corrected chi connectivity index (χ1v) is 9.54. The summed E-state index contributed by atoms with van der Waals surface area (Å²) in [7, 11) is 0. The van der Waals surface area contributed by atoms with Crippen LogP contribution in [0, 0.1) is 0 Å². The quantitative estimate of drug-likeness (QED) is 0.531. The van der Waals surface area contributed by atoms with E-state index < -0.39 is 5.91 Å². The van der Waals surface area contributed by atoms with Gasteiger partial charge in [0, 0.05) is 25.5 Å². The van der Waals surface area contributed by atoms with E-state index in [-0.39, 0.29) is 33.3 Å². The summed E-state index contributed by atoms with van der Waals surface area (Å²) in [5, 5.41) is 5.63. The van der Waals surface area contributed by atoms with Crippen molar-refractivity contribution in [3.63, 3.8) is 0 Å². The Kier molecular flexibility index (Phi) is 5.01. The van der Waals surface area contributed by atoms with E-state index in [4.69, 9.17) is 28.9 Å². The lowest BCUT2D eigenvalue weighted by molar-refractivity contribution is 0.0657. The van der Waals surface area contributed by atoms with Gasteiger partial charge in [0.05, 0.1) is 12.1 Å². The number of nitrogens with one attached hydrogen (secondary N) is 3. The molecule has 4 rings (SSSR count). The molecule has 0 unspecified atom stereocenters. The van der Waals surface area contributed by atoms with Crippen LogP contribution in [0.25, 0.3) is 0 Å². The fourth-order valence-electron chi connectivity index (χ4n) is 3.30. The van der Waals surface area contributed by atoms with Crippen LogP contribution in [0.5, 0.6) is 0 Å². The molecule has 2 aliphatic rings. The Morgan fingerprint density at radius 1 is 1.21 bits per heavy atom. The first-order chi connectivity index (χ1) is 13.9. The number of nitrogen functional groups attached to an aromatic ring is 1. The number of piperidine rings is 1. The Morgan fingerprint density at radius 3 is 2.66 bits per heavy atom. The highest BCUT2D eigenvalue weighted by atomic mass is 35.5. The molecule has 0 bridgehead atoms. The topological polar surface area (TPSA) is 154 Å². The molecule has 2 aromatic heterocycles. The second-order valence-corrected chi connectivity index (χ2v) is 7.51. The maximum absolute atomic E-state index is 12.4. The van der Waals surface area contributed by atoms with E-state index in [0.29, 0.717) is 44.3 Å². The van der Waals surface area contributed by atoms with Gasteiger partial charge in [-0.15, -0.1) is 0 Å². The van der Waals surface area contributed by atoms with Crippen molar-refractivity contribution in [3.8, 4) is 0 Å². The number of carbonyl (C=O) groups is 2. The van der Waals surface area contributed by atoms with Gasteiger partial charge >= 0.3 is 0 Å². The van der Waals surface area contributed by atoms with E-state index in [1.54, 1.807) is 17.3 Å². The first kappa shape index (κ1) is 19.4. The highest BCUT2D eigenvalue weighted by Crippen LogP contribution is 2.26. The molecule has 1 spiro atoms. The van der Waals surface area contributed by atoms with Crippen LogP contribution >= 0.6 is 23.2 Å². The van der Waals surface area contributed by atoms with Crippen molar-refractivity contribution < 1.29 is 9.59 Å². The number of carbonyl (C=O) groups excluding carboxylic acids is 2. The lowest BCUT2D eigenvalue weighted by Crippen LogP contribution is -2.57. The number of guanidine groups is 1. The predicted molar refractivity (Wildman–Crippen MR) is 106 cm³/mol. The van der Waals surface area contributed by atoms with Gasteiger partial charge in [-0.05, 0) is 12.8 Å². The zero-order valence-corrected chi connectivity index (χ0v) is 16.6. The van der Waals surface area contributed by atoms with Crippen LogP contribution in [0.1, 0.15) is 33.9 Å². The SMILES string of the molecule is Nc1nc(Cl)c(C(=O)NC2=NCC3(CCN(C(=O)c4ncc[nH]4)CC3)N2)nc1Cl. The molecule has 0 saturated carbocycles. The van der Waals surface area contributed by atoms with Gasteiger partial charge in [0.25, 0.3) is 11.8 Å². The van der Waals surface area contributed by atoms with E-state index in [2.05, 4.69) is 35.6 Å². The van der Waals surface area contributed by atoms with E-state index >= 15 is 0 Å². The number of imidazole rings is 1. The number of amides is 2. The van der Waals surface area contributed by atoms with Crippen LogP contribution in [0.3, 0.4) is 0 Å². The number of H-pyrrole nitrogens is 1. The summed E-state index contributed by atoms with van der Waals surface area (Å²) in [6.45, 7) is 1.58. The summed E-state index contributed by atoms with van der Waals surface area (Å²) >= 11 is 11.8. The molecule has 1 saturated heterocycles. The normalized spacial score (nSPS) is 17.7. The summed E-state index contributed by atoms with van der Waals surface area (Å²) in [5.41, 5.74) is 5.05. The lowest BCUT2D eigenvalue weighted by atomic mass is 9.88. The van der Waals surface area contributed by atoms with Gasteiger partial charge in [-0.2, -0.15) is 0 Å². The van der Waals surface area contributed by atoms with Crippen molar-refractivity contribution in [1.82, 2.24) is 35.5 Å². The molecule has 11 nitrogen and oxygen atoms in total. The van der Waals surface area contributed by atoms with Crippen LogP contribution in [0.15, 0.2) is 17.4 Å². The summed E-state index contributed by atoms with van der Waals surface area (Å²) < 4.78 is 0. The average Bonchev–Trinajstić information content (AvgIpc) is 3.36. The second-order valence-electron chi connectivity index (χ2n) is 6.79. The Balaban J connectivity index is 1.35. The molecule has 2 aliphatic heterocycles. The van der Waals surface area contributed by atoms with Crippen LogP contribution in [0.2, 0.25) is 10.3 Å². The first-order valence-electron chi connectivity index (χ1n) is 8.78. The number of hydrogen-bond donors (Lipinski definition) is 4. The average molecular weight is 438 g/mol. The molecular weight excluding hydrogens is 421 g/mol. The molecular formula is C16H17Cl2N9O2. The number of likely N-dealkylation sites (tertiary alicyclic amines) is 1. The third kappa shape index (κ3) is 3.83. The van der Waals surface area contributed by atoms with E-state index in [0.717, 1.165) is 0 Å². The zero-order chi connectivity index (χ0) is 20.6. The van der Waals surface area contributed by atoms with Crippen LogP contribution in [-0.2, 0) is 0 Å². The van der Waals surface area contributed by atoms with Gasteiger partial charge in [-0.1, -0.05) is 23.2 Å². The van der Waals surface area contributed by atoms with E-state index in [1.165, 1.54) is 0 Å². The van der Waals surface area contributed by atoms with Crippen LogP contribution < -0.4 is 16.4 Å². The van der Waals surface area contributed by atoms with Crippen LogP contribution in [-0.4, -0.2) is 67.8 Å². The predicted octanol–water partition coefficient (Wildman–Crippen LogP) is 0.453. The van der Waals surface area contributed by atoms with Gasteiger partial charge in [0.1, 0.15) is 0 Å². The van der Waals surface area contributed by atoms with Crippen molar-refractivity contribution in [2.45, 2.75) is 18.4 Å². The molecule has 29 heavy (non-hydrogen) atoms. The molecule has 1 fully saturated rings. The largest absolute Gasteiger partial charge is 0.381 e. The molecule has 2 aromatic rings. The monoisotopic (exact) mass is 437 g/mol. The maximum atomic E-state index is 12.4. The summed E-state index contributed by atoms with van der Waals surface area (Å²) in [5.74, 6) is -0.153. The minimum absolute atomic E-state index is 0.0562. The zero-order valence-electron chi connectivity index (χ0n) is 15.1. The molecule has 0 radical (unpaired) electrons. The number of anilines is 1. The number of rotatable bonds is 2.